The molecule has 1 fully saturated rings. The molecular weight excluding hydrogens is 410 g/mol. The van der Waals surface area contributed by atoms with Gasteiger partial charge in [-0.05, 0) is 56.1 Å². The van der Waals surface area contributed by atoms with Crippen molar-refractivity contribution in [3.63, 3.8) is 0 Å². The fraction of sp³-hybridized carbons (Fsp3) is 0.385. The average Bonchev–Trinajstić information content (AvgIpc) is 3.60. The van der Waals surface area contributed by atoms with E-state index in [0.717, 1.165) is 59.7 Å². The molecular formula is C26H31N7. The van der Waals surface area contributed by atoms with Crippen LogP contribution in [0.5, 0.6) is 0 Å². The fourth-order valence-corrected chi connectivity index (χ4v) is 4.09. The molecule has 0 atom stereocenters. The van der Waals surface area contributed by atoms with Crippen molar-refractivity contribution in [2.75, 3.05) is 18.9 Å². The third-order valence-corrected chi connectivity index (χ3v) is 6.06. The molecule has 0 bridgehead atoms. The van der Waals surface area contributed by atoms with Crippen molar-refractivity contribution < 1.29 is 0 Å². The number of hydrogen-bond donors (Lipinski definition) is 1. The van der Waals surface area contributed by atoms with Crippen LogP contribution in [0, 0.1) is 0 Å². The highest BCUT2D eigenvalue weighted by atomic mass is 15.3. The van der Waals surface area contributed by atoms with Crippen molar-refractivity contribution in [1.29, 1.82) is 0 Å². The van der Waals surface area contributed by atoms with Crippen molar-refractivity contribution >= 4 is 16.9 Å². The molecule has 1 N–H and O–H groups in total. The van der Waals surface area contributed by atoms with Gasteiger partial charge in [0.2, 0.25) is 0 Å². The summed E-state index contributed by atoms with van der Waals surface area (Å²) >= 11 is 0. The summed E-state index contributed by atoms with van der Waals surface area (Å²) in [5.41, 5.74) is 4.32. The molecule has 0 aliphatic heterocycles. The second-order valence-corrected chi connectivity index (χ2v) is 8.96. The Morgan fingerprint density at radius 1 is 1.09 bits per heavy atom. The summed E-state index contributed by atoms with van der Waals surface area (Å²) in [7, 11) is 2.18. The lowest BCUT2D eigenvalue weighted by Crippen LogP contribution is -2.18. The first-order valence-electron chi connectivity index (χ1n) is 11.9. The van der Waals surface area contributed by atoms with Crippen LogP contribution in [0.4, 0.5) is 5.82 Å². The minimum absolute atomic E-state index is 0.454. The Morgan fingerprint density at radius 3 is 2.76 bits per heavy atom. The van der Waals surface area contributed by atoms with Gasteiger partial charge in [0.15, 0.2) is 11.5 Å². The van der Waals surface area contributed by atoms with Gasteiger partial charge in [-0.15, -0.1) is 0 Å². The van der Waals surface area contributed by atoms with Crippen LogP contribution in [0.15, 0.2) is 55.0 Å². The van der Waals surface area contributed by atoms with E-state index < -0.39 is 0 Å². The molecule has 3 heterocycles. The molecule has 1 aliphatic rings. The molecule has 0 saturated heterocycles. The molecule has 5 rings (SSSR count). The maximum atomic E-state index is 4.98. The first-order valence-corrected chi connectivity index (χ1v) is 11.9. The van der Waals surface area contributed by atoms with Crippen molar-refractivity contribution in [2.45, 2.75) is 51.7 Å². The molecule has 1 aliphatic carbocycles. The summed E-state index contributed by atoms with van der Waals surface area (Å²) in [6.07, 6.45) is 10.3. The number of unbranched alkanes of at least 4 members (excludes halogenated alkanes) is 1. The van der Waals surface area contributed by atoms with Gasteiger partial charge in [-0.1, -0.05) is 37.6 Å². The molecule has 4 aromatic rings. The maximum absolute atomic E-state index is 4.98. The minimum Gasteiger partial charge on any atom is -0.365 e. The van der Waals surface area contributed by atoms with Gasteiger partial charge in [-0.3, -0.25) is 4.98 Å². The molecule has 170 valence electrons. The number of nitrogens with one attached hydrogen (secondary N) is 1. The zero-order valence-corrected chi connectivity index (χ0v) is 19.4. The minimum atomic E-state index is 0.454. The molecule has 0 radical (unpaired) electrons. The summed E-state index contributed by atoms with van der Waals surface area (Å²) in [6, 6.07) is 13.1. The van der Waals surface area contributed by atoms with E-state index in [9.17, 15) is 0 Å². The zero-order valence-electron chi connectivity index (χ0n) is 19.4. The lowest BCUT2D eigenvalue weighted by atomic mass is 10.1. The van der Waals surface area contributed by atoms with E-state index in [1.807, 2.05) is 18.5 Å². The van der Waals surface area contributed by atoms with Crippen molar-refractivity contribution in [3.05, 3.63) is 66.1 Å². The van der Waals surface area contributed by atoms with Gasteiger partial charge >= 0.3 is 0 Å². The second kappa shape index (κ2) is 9.67. The maximum Gasteiger partial charge on any atom is 0.164 e. The van der Waals surface area contributed by atoms with Gasteiger partial charge in [0, 0.05) is 31.0 Å². The Bertz CT molecular complexity index is 1210. The van der Waals surface area contributed by atoms with Crippen LogP contribution >= 0.6 is 0 Å². The highest BCUT2D eigenvalue weighted by molar-refractivity contribution is 5.88. The number of nitrogens with zero attached hydrogens (tertiary/aromatic N) is 6. The summed E-state index contributed by atoms with van der Waals surface area (Å²) in [5, 5.41) is 9.12. The summed E-state index contributed by atoms with van der Waals surface area (Å²) in [4.78, 5) is 16.5. The first kappa shape index (κ1) is 21.5. The Balaban J connectivity index is 1.47. The van der Waals surface area contributed by atoms with E-state index in [4.69, 9.17) is 9.97 Å². The lowest BCUT2D eigenvalue weighted by molar-refractivity contribution is 0.321. The van der Waals surface area contributed by atoms with Crippen LogP contribution in [-0.2, 0) is 13.1 Å². The first-order chi connectivity index (χ1) is 16.2. The molecule has 0 amide bonds. The summed E-state index contributed by atoms with van der Waals surface area (Å²) in [5.74, 6) is 1.55. The Hall–Kier alpha value is -3.32. The number of rotatable bonds is 10. The number of fused-ring (bicyclic) bond motifs is 1. The third-order valence-electron chi connectivity index (χ3n) is 6.06. The number of benzene rings is 1. The third kappa shape index (κ3) is 5.03. The molecule has 1 aromatic carbocycles. The Labute approximate surface area is 194 Å². The van der Waals surface area contributed by atoms with Crippen LogP contribution in [0.1, 0.15) is 49.8 Å². The lowest BCUT2D eigenvalue weighted by Gasteiger charge is -2.16. The van der Waals surface area contributed by atoms with Gasteiger partial charge in [0.1, 0.15) is 5.82 Å². The number of anilines is 1. The van der Waals surface area contributed by atoms with Crippen molar-refractivity contribution in [1.82, 2.24) is 29.6 Å². The average molecular weight is 442 g/mol. The molecule has 0 unspecified atom stereocenters. The summed E-state index contributed by atoms with van der Waals surface area (Å²) < 4.78 is 2.07. The van der Waals surface area contributed by atoms with Crippen molar-refractivity contribution in [3.8, 4) is 11.4 Å². The van der Waals surface area contributed by atoms with Gasteiger partial charge in [0.25, 0.3) is 0 Å². The number of hydrogen-bond acceptors (Lipinski definition) is 6. The van der Waals surface area contributed by atoms with E-state index in [1.54, 1.807) is 6.20 Å². The van der Waals surface area contributed by atoms with Crippen LogP contribution < -0.4 is 5.32 Å². The second-order valence-electron chi connectivity index (χ2n) is 8.96. The van der Waals surface area contributed by atoms with Gasteiger partial charge in [-0.2, -0.15) is 5.10 Å². The predicted molar refractivity (Wildman–Crippen MR) is 132 cm³/mol. The Morgan fingerprint density at radius 2 is 1.97 bits per heavy atom. The Kier molecular flexibility index (Phi) is 6.30. The topological polar surface area (TPSA) is 71.8 Å². The smallest absolute Gasteiger partial charge is 0.164 e. The van der Waals surface area contributed by atoms with Gasteiger partial charge in [-0.25, -0.2) is 14.6 Å². The normalized spacial score (nSPS) is 13.7. The van der Waals surface area contributed by atoms with E-state index in [2.05, 4.69) is 69.3 Å². The van der Waals surface area contributed by atoms with E-state index in [0.29, 0.717) is 12.6 Å². The van der Waals surface area contributed by atoms with Crippen LogP contribution in [0.25, 0.3) is 22.4 Å². The van der Waals surface area contributed by atoms with Gasteiger partial charge < -0.3 is 10.2 Å². The van der Waals surface area contributed by atoms with E-state index in [-0.39, 0.29) is 0 Å². The highest BCUT2D eigenvalue weighted by Crippen LogP contribution is 2.37. The zero-order chi connectivity index (χ0) is 22.6. The highest BCUT2D eigenvalue weighted by Gasteiger charge is 2.27. The summed E-state index contributed by atoms with van der Waals surface area (Å²) in [6.45, 7) is 4.90. The van der Waals surface area contributed by atoms with Crippen LogP contribution in [0.3, 0.4) is 0 Å². The molecule has 7 heteroatoms. The van der Waals surface area contributed by atoms with Crippen LogP contribution in [-0.4, -0.2) is 43.2 Å². The van der Waals surface area contributed by atoms with E-state index >= 15 is 0 Å². The largest absolute Gasteiger partial charge is 0.365 e. The standard InChI is InChI=1S/C26H31N7/c1-3-4-13-32(2)18-19-7-5-9-21(14-19)24-30-25(28-16-20-8-6-12-27-15-20)23-17-29-33(22-10-11-22)26(23)31-24/h5-9,12,14-15,17,22H,3-4,10-11,13,16,18H2,1-2H3,(H,28,30,31). The van der Waals surface area contributed by atoms with Crippen molar-refractivity contribution in [2.24, 2.45) is 0 Å². The molecule has 7 nitrogen and oxygen atoms in total. The molecule has 3 aromatic heterocycles. The quantitative estimate of drug-likeness (QED) is 0.371. The van der Waals surface area contributed by atoms with Gasteiger partial charge in [0.05, 0.1) is 17.6 Å². The monoisotopic (exact) mass is 441 g/mol. The molecule has 1 saturated carbocycles. The van der Waals surface area contributed by atoms with E-state index in [1.165, 1.54) is 18.4 Å². The number of pyridine rings is 1. The molecule has 33 heavy (non-hydrogen) atoms. The molecule has 0 spiro atoms. The predicted octanol–water partition coefficient (Wildman–Crippen LogP) is 5.07. The fourth-order valence-electron chi connectivity index (χ4n) is 4.09. The van der Waals surface area contributed by atoms with Crippen LogP contribution in [0.2, 0.25) is 0 Å². The SMILES string of the molecule is CCCCN(C)Cc1cccc(-c2nc(NCc3cccnc3)c3cnn(C4CC4)c3n2)c1. The number of aromatic nitrogens is 5.